The molecule has 4 N–H and O–H groups in total. The van der Waals surface area contributed by atoms with E-state index in [9.17, 15) is 19.5 Å². The van der Waals surface area contributed by atoms with Crippen LogP contribution in [0.1, 0.15) is 30.9 Å². The summed E-state index contributed by atoms with van der Waals surface area (Å²) in [7, 11) is 0. The molecule has 10 heteroatoms. The Balaban J connectivity index is 1.51. The maximum absolute atomic E-state index is 13.2. The highest BCUT2D eigenvalue weighted by molar-refractivity contribution is 9.10. The van der Waals surface area contributed by atoms with Crippen LogP contribution in [0.15, 0.2) is 69.4 Å². The Labute approximate surface area is 210 Å². The van der Waals surface area contributed by atoms with Gasteiger partial charge in [0.15, 0.2) is 5.70 Å². The number of hydrogen-bond acceptors (Lipinski definition) is 7. The number of primary amides is 1. The molecule has 2 amide bonds. The maximum atomic E-state index is 13.2. The first-order valence-corrected chi connectivity index (χ1v) is 11.9. The van der Waals surface area contributed by atoms with Crippen LogP contribution in [0.2, 0.25) is 0 Å². The number of phenols is 1. The van der Waals surface area contributed by atoms with Gasteiger partial charge in [-0.25, -0.2) is 9.79 Å². The Morgan fingerprint density at radius 3 is 2.57 bits per heavy atom. The molecule has 2 heterocycles. The van der Waals surface area contributed by atoms with Gasteiger partial charge in [0, 0.05) is 28.7 Å². The van der Waals surface area contributed by atoms with Crippen LogP contribution in [0.3, 0.4) is 0 Å². The van der Waals surface area contributed by atoms with Gasteiger partial charge in [-0.05, 0) is 61.7 Å². The number of ether oxygens (including phenoxy) is 1. The number of aliphatic imine (C=N–C) groups is 1. The van der Waals surface area contributed by atoms with Crippen molar-refractivity contribution in [3.8, 4) is 5.75 Å². The van der Waals surface area contributed by atoms with Gasteiger partial charge < -0.3 is 25.8 Å². The zero-order valence-corrected chi connectivity index (χ0v) is 20.6. The molecule has 0 unspecified atom stereocenters. The Kier molecular flexibility index (Phi) is 7.20. The van der Waals surface area contributed by atoms with E-state index in [2.05, 4.69) is 26.2 Å². The number of rotatable bonds is 7. The van der Waals surface area contributed by atoms with Crippen LogP contribution in [0.5, 0.6) is 5.75 Å². The van der Waals surface area contributed by atoms with E-state index in [1.54, 1.807) is 31.2 Å². The topological polar surface area (TPSA) is 134 Å². The fourth-order valence-corrected chi connectivity index (χ4v) is 4.45. The molecule has 35 heavy (non-hydrogen) atoms. The van der Waals surface area contributed by atoms with Gasteiger partial charge in [-0.2, -0.15) is 0 Å². The lowest BCUT2D eigenvalue weighted by atomic mass is 10.0. The van der Waals surface area contributed by atoms with Crippen LogP contribution in [-0.4, -0.2) is 52.3 Å². The lowest BCUT2D eigenvalue weighted by Crippen LogP contribution is -2.51. The number of benzene rings is 2. The van der Waals surface area contributed by atoms with E-state index in [1.165, 1.54) is 12.1 Å². The van der Waals surface area contributed by atoms with Crippen molar-refractivity contribution in [2.24, 2.45) is 10.7 Å². The Morgan fingerprint density at radius 1 is 1.23 bits per heavy atom. The number of nitrogens with zero attached hydrogens (tertiary/aromatic N) is 2. The summed E-state index contributed by atoms with van der Waals surface area (Å²) in [5, 5.41) is 12.2. The fraction of sp³-hybridized carbons (Fsp3) is 0.280. The van der Waals surface area contributed by atoms with Crippen LogP contribution < -0.4 is 11.1 Å². The average molecular weight is 541 g/mol. The number of phenolic OH excluding ortho intramolecular Hbond substituents is 1. The van der Waals surface area contributed by atoms with Crippen LogP contribution in [0, 0.1) is 0 Å². The molecule has 2 aliphatic heterocycles. The van der Waals surface area contributed by atoms with E-state index in [-0.39, 0.29) is 29.7 Å². The SMILES string of the molecule is C/C(=C1/N=C(c2ccc(Br)cc2)OC1=O)N1CCC[C@H]1C(=O)N[C@@H](Cc1ccc(O)cc1)C(N)=O. The van der Waals surface area contributed by atoms with Crippen molar-refractivity contribution in [2.45, 2.75) is 38.3 Å². The van der Waals surface area contributed by atoms with Crippen LogP contribution in [-0.2, 0) is 25.5 Å². The molecular weight excluding hydrogens is 516 g/mol. The second kappa shape index (κ2) is 10.3. The van der Waals surface area contributed by atoms with Crippen molar-refractivity contribution in [3.63, 3.8) is 0 Å². The number of cyclic esters (lactones) is 1. The number of carbonyl (C=O) groups is 3. The van der Waals surface area contributed by atoms with Crippen molar-refractivity contribution < 1.29 is 24.2 Å². The third-order valence-corrected chi connectivity index (χ3v) is 6.58. The van der Waals surface area contributed by atoms with E-state index in [0.717, 1.165) is 16.5 Å². The molecule has 2 aromatic carbocycles. The Morgan fingerprint density at radius 2 is 1.91 bits per heavy atom. The van der Waals surface area contributed by atoms with Gasteiger partial charge in [0.1, 0.15) is 17.8 Å². The second-order valence-corrected chi connectivity index (χ2v) is 9.35. The highest BCUT2D eigenvalue weighted by Gasteiger charge is 2.36. The molecule has 0 aromatic heterocycles. The largest absolute Gasteiger partial charge is 0.508 e. The van der Waals surface area contributed by atoms with Crippen LogP contribution >= 0.6 is 15.9 Å². The van der Waals surface area contributed by atoms with Gasteiger partial charge in [0.2, 0.25) is 17.7 Å². The summed E-state index contributed by atoms with van der Waals surface area (Å²) in [6.45, 7) is 2.29. The number of carbonyl (C=O) groups excluding carboxylic acids is 3. The molecule has 182 valence electrons. The molecule has 1 saturated heterocycles. The van der Waals surface area contributed by atoms with Gasteiger partial charge in [0.25, 0.3) is 0 Å². The van der Waals surface area contributed by atoms with E-state index >= 15 is 0 Å². The summed E-state index contributed by atoms with van der Waals surface area (Å²) in [6, 6.07) is 12.1. The molecule has 0 aliphatic carbocycles. The molecule has 2 aromatic rings. The van der Waals surface area contributed by atoms with Crippen LogP contribution in [0.25, 0.3) is 0 Å². The molecule has 9 nitrogen and oxygen atoms in total. The van der Waals surface area contributed by atoms with Gasteiger partial charge >= 0.3 is 5.97 Å². The highest BCUT2D eigenvalue weighted by Crippen LogP contribution is 2.28. The van der Waals surface area contributed by atoms with Crippen molar-refractivity contribution in [2.75, 3.05) is 6.54 Å². The van der Waals surface area contributed by atoms with E-state index in [1.807, 2.05) is 17.0 Å². The minimum absolute atomic E-state index is 0.106. The summed E-state index contributed by atoms with van der Waals surface area (Å²) in [5.41, 5.74) is 7.65. The number of allylic oxidation sites excluding steroid dienone is 1. The van der Waals surface area contributed by atoms with Crippen molar-refractivity contribution >= 4 is 39.6 Å². The van der Waals surface area contributed by atoms with E-state index in [0.29, 0.717) is 24.2 Å². The average Bonchev–Trinajstić information content (AvgIpc) is 3.47. The number of likely N-dealkylation sites (tertiary alicyclic amines) is 1. The first-order valence-electron chi connectivity index (χ1n) is 11.1. The van der Waals surface area contributed by atoms with Gasteiger partial charge in [0.05, 0.1) is 0 Å². The zero-order valence-electron chi connectivity index (χ0n) is 19.0. The second-order valence-electron chi connectivity index (χ2n) is 8.43. The summed E-state index contributed by atoms with van der Waals surface area (Å²) < 4.78 is 6.27. The Bertz CT molecular complexity index is 1210. The molecule has 0 radical (unpaired) electrons. The number of hydrogen-bond donors (Lipinski definition) is 3. The number of halogens is 1. The summed E-state index contributed by atoms with van der Waals surface area (Å²) in [4.78, 5) is 44.0. The number of aromatic hydroxyl groups is 1. The third-order valence-electron chi connectivity index (χ3n) is 6.05. The van der Waals surface area contributed by atoms with Crippen LogP contribution in [0.4, 0.5) is 0 Å². The maximum Gasteiger partial charge on any atom is 0.365 e. The van der Waals surface area contributed by atoms with Crippen molar-refractivity contribution in [3.05, 3.63) is 75.5 Å². The third kappa shape index (κ3) is 5.54. The van der Waals surface area contributed by atoms with E-state index in [4.69, 9.17) is 10.5 Å². The van der Waals surface area contributed by atoms with Gasteiger partial charge in [-0.3, -0.25) is 9.59 Å². The quantitative estimate of drug-likeness (QED) is 0.364. The summed E-state index contributed by atoms with van der Waals surface area (Å²) >= 11 is 3.37. The lowest BCUT2D eigenvalue weighted by Gasteiger charge is -2.28. The molecule has 2 atom stereocenters. The molecule has 2 aliphatic rings. The predicted octanol–water partition coefficient (Wildman–Crippen LogP) is 2.37. The normalized spacial score (nSPS) is 19.7. The molecule has 0 bridgehead atoms. The molecule has 0 spiro atoms. The van der Waals surface area contributed by atoms with Gasteiger partial charge in [-0.1, -0.05) is 28.1 Å². The highest BCUT2D eigenvalue weighted by atomic mass is 79.9. The smallest absolute Gasteiger partial charge is 0.365 e. The summed E-state index contributed by atoms with van der Waals surface area (Å²) in [6.07, 6.45) is 1.49. The first kappa shape index (κ1) is 24.5. The van der Waals surface area contributed by atoms with Gasteiger partial charge in [-0.15, -0.1) is 0 Å². The predicted molar refractivity (Wildman–Crippen MR) is 132 cm³/mol. The first-order chi connectivity index (χ1) is 16.7. The minimum atomic E-state index is -0.916. The Hall–Kier alpha value is -3.66. The molecule has 1 fully saturated rings. The van der Waals surface area contributed by atoms with Crippen molar-refractivity contribution in [1.82, 2.24) is 10.2 Å². The summed E-state index contributed by atoms with van der Waals surface area (Å²) in [5.74, 6) is -1.27. The number of nitrogens with two attached hydrogens (primary N) is 1. The monoisotopic (exact) mass is 540 g/mol. The number of esters is 1. The number of nitrogens with one attached hydrogen (secondary N) is 1. The number of amides is 2. The van der Waals surface area contributed by atoms with E-state index < -0.39 is 24.0 Å². The molecular formula is C25H25BrN4O5. The molecule has 0 saturated carbocycles. The molecule has 4 rings (SSSR count). The minimum Gasteiger partial charge on any atom is -0.508 e. The zero-order chi connectivity index (χ0) is 25.1. The fourth-order valence-electron chi connectivity index (χ4n) is 4.19. The van der Waals surface area contributed by atoms with Crippen molar-refractivity contribution in [1.29, 1.82) is 0 Å². The lowest BCUT2D eigenvalue weighted by molar-refractivity contribution is -0.131. The standard InChI is InChI=1S/C25H25BrN4O5/c1-14(21-25(34)35-24(29-21)16-6-8-17(26)9-7-16)30-12-2-3-20(30)23(33)28-19(22(27)32)13-15-4-10-18(31)11-5-15/h4-11,19-20,31H,2-3,12-13H2,1H3,(H2,27,32)(H,28,33)/b21-14-/t19-,20-/m0/s1.